The fourth-order valence-electron chi connectivity index (χ4n) is 1.09. The first kappa shape index (κ1) is 13.8. The smallest absolute Gasteiger partial charge is 0.320 e. The maximum atomic E-state index is 10.8. The van der Waals surface area contributed by atoms with Crippen LogP contribution in [0.1, 0.15) is 26.7 Å². The summed E-state index contributed by atoms with van der Waals surface area (Å²) in [4.78, 5) is 10.8. The van der Waals surface area contributed by atoms with E-state index in [0.717, 1.165) is 18.7 Å². The lowest BCUT2D eigenvalue weighted by Gasteiger charge is -2.14. The highest BCUT2D eigenvalue weighted by atomic mass is 32.2. The topological polar surface area (TPSA) is 49.3 Å². The molecule has 0 aliphatic heterocycles. The number of nitrogens with one attached hydrogen (secondary N) is 1. The third kappa shape index (κ3) is 7.21. The van der Waals surface area contributed by atoms with Gasteiger partial charge in [-0.25, -0.2) is 0 Å². The van der Waals surface area contributed by atoms with E-state index in [1.807, 2.05) is 6.26 Å². The molecular formula is C10H21NO2S. The zero-order valence-corrected chi connectivity index (χ0v) is 10.1. The molecule has 0 radical (unpaired) electrons. The average Bonchev–Trinajstić information content (AvgIpc) is 2.09. The predicted molar refractivity (Wildman–Crippen MR) is 61.9 cm³/mol. The van der Waals surface area contributed by atoms with Crippen LogP contribution in [0.25, 0.3) is 0 Å². The molecule has 0 unspecified atom stereocenters. The lowest BCUT2D eigenvalue weighted by molar-refractivity contribution is -0.139. The molecule has 2 N–H and O–H groups in total. The van der Waals surface area contributed by atoms with Crippen LogP contribution in [0, 0.1) is 5.92 Å². The minimum Gasteiger partial charge on any atom is -0.480 e. The minimum atomic E-state index is -0.734. The van der Waals surface area contributed by atoms with Crippen molar-refractivity contribution in [3.05, 3.63) is 0 Å². The van der Waals surface area contributed by atoms with Crippen LogP contribution in [0.15, 0.2) is 0 Å². The van der Waals surface area contributed by atoms with Gasteiger partial charge in [0.05, 0.1) is 0 Å². The molecule has 0 aromatic carbocycles. The van der Waals surface area contributed by atoms with E-state index in [1.54, 1.807) is 11.8 Å². The number of carbonyl (C=O) groups is 1. The van der Waals surface area contributed by atoms with Crippen LogP contribution in [0.4, 0.5) is 0 Å². The van der Waals surface area contributed by atoms with Gasteiger partial charge in [0.25, 0.3) is 0 Å². The Kier molecular flexibility index (Phi) is 7.99. The van der Waals surface area contributed by atoms with E-state index < -0.39 is 5.97 Å². The third-order valence-electron chi connectivity index (χ3n) is 2.02. The third-order valence-corrected chi connectivity index (χ3v) is 2.67. The van der Waals surface area contributed by atoms with Crippen LogP contribution in [-0.2, 0) is 4.79 Å². The van der Waals surface area contributed by atoms with Crippen molar-refractivity contribution in [2.45, 2.75) is 32.7 Å². The monoisotopic (exact) mass is 219 g/mol. The summed E-state index contributed by atoms with van der Waals surface area (Å²) in [7, 11) is 0. The highest BCUT2D eigenvalue weighted by Crippen LogP contribution is 2.02. The molecule has 0 aromatic heterocycles. The summed E-state index contributed by atoms with van der Waals surface area (Å²) < 4.78 is 0. The van der Waals surface area contributed by atoms with Gasteiger partial charge in [0.1, 0.15) is 6.04 Å². The lowest BCUT2D eigenvalue weighted by Crippen LogP contribution is -2.38. The molecule has 4 heteroatoms. The first-order valence-electron chi connectivity index (χ1n) is 5.03. The highest BCUT2D eigenvalue weighted by molar-refractivity contribution is 7.98. The molecule has 0 aromatic rings. The Morgan fingerprint density at radius 1 is 1.43 bits per heavy atom. The molecule has 0 aliphatic carbocycles. The van der Waals surface area contributed by atoms with Gasteiger partial charge in [-0.1, -0.05) is 13.8 Å². The molecule has 0 rings (SSSR count). The number of hydrogen-bond acceptors (Lipinski definition) is 3. The van der Waals surface area contributed by atoms with Crippen LogP contribution < -0.4 is 5.32 Å². The SMILES string of the molecule is CSCC[C@@H](NCCC(C)C)C(=O)O. The summed E-state index contributed by atoms with van der Waals surface area (Å²) in [6.45, 7) is 5.07. The minimum absolute atomic E-state index is 0.374. The van der Waals surface area contributed by atoms with Crippen LogP contribution in [0.5, 0.6) is 0 Å². The van der Waals surface area contributed by atoms with Gasteiger partial charge >= 0.3 is 5.97 Å². The van der Waals surface area contributed by atoms with E-state index in [1.165, 1.54) is 0 Å². The zero-order valence-electron chi connectivity index (χ0n) is 9.25. The molecule has 0 spiro atoms. The highest BCUT2D eigenvalue weighted by Gasteiger charge is 2.15. The van der Waals surface area contributed by atoms with Crippen LogP contribution in [-0.4, -0.2) is 35.7 Å². The van der Waals surface area contributed by atoms with Crippen molar-refractivity contribution in [3.8, 4) is 0 Å². The van der Waals surface area contributed by atoms with Crippen molar-refractivity contribution in [2.24, 2.45) is 5.92 Å². The molecule has 0 bridgehead atoms. The Balaban J connectivity index is 3.68. The van der Waals surface area contributed by atoms with E-state index in [9.17, 15) is 4.79 Å². The van der Waals surface area contributed by atoms with Crippen LogP contribution >= 0.6 is 11.8 Å². The van der Waals surface area contributed by atoms with Crippen molar-refractivity contribution in [3.63, 3.8) is 0 Å². The summed E-state index contributed by atoms with van der Waals surface area (Å²) in [6, 6.07) is -0.374. The van der Waals surface area contributed by atoms with Crippen LogP contribution in [0.3, 0.4) is 0 Å². The predicted octanol–water partition coefficient (Wildman–Crippen LogP) is 1.83. The fraction of sp³-hybridized carbons (Fsp3) is 0.900. The molecule has 84 valence electrons. The van der Waals surface area contributed by atoms with E-state index in [4.69, 9.17) is 5.11 Å². The Labute approximate surface area is 90.7 Å². The van der Waals surface area contributed by atoms with E-state index in [2.05, 4.69) is 19.2 Å². The van der Waals surface area contributed by atoms with Gasteiger partial charge in [0.2, 0.25) is 0 Å². The first-order valence-corrected chi connectivity index (χ1v) is 6.42. The number of carboxylic acids is 1. The molecule has 0 amide bonds. The van der Waals surface area contributed by atoms with Gasteiger partial charge in [0.15, 0.2) is 0 Å². The van der Waals surface area contributed by atoms with Crippen molar-refractivity contribution < 1.29 is 9.90 Å². The summed E-state index contributed by atoms with van der Waals surface area (Å²) >= 11 is 1.68. The molecule has 0 heterocycles. The second-order valence-electron chi connectivity index (χ2n) is 3.81. The van der Waals surface area contributed by atoms with Gasteiger partial charge < -0.3 is 10.4 Å². The average molecular weight is 219 g/mol. The lowest BCUT2D eigenvalue weighted by atomic mass is 10.1. The maximum Gasteiger partial charge on any atom is 0.320 e. The van der Waals surface area contributed by atoms with Crippen LogP contribution in [0.2, 0.25) is 0 Å². The second-order valence-corrected chi connectivity index (χ2v) is 4.79. The standard InChI is InChI=1S/C10H21NO2S/c1-8(2)4-6-11-9(10(12)13)5-7-14-3/h8-9,11H,4-7H2,1-3H3,(H,12,13)/t9-/m1/s1. The first-order chi connectivity index (χ1) is 6.57. The normalized spacial score (nSPS) is 13.1. The summed E-state index contributed by atoms with van der Waals surface area (Å²) in [5, 5.41) is 12.0. The Bertz CT molecular complexity index is 162. The second kappa shape index (κ2) is 8.12. The Morgan fingerprint density at radius 2 is 2.07 bits per heavy atom. The Morgan fingerprint density at radius 3 is 2.50 bits per heavy atom. The van der Waals surface area contributed by atoms with Gasteiger partial charge in [-0.2, -0.15) is 11.8 Å². The van der Waals surface area contributed by atoms with E-state index in [-0.39, 0.29) is 6.04 Å². The molecule has 0 fully saturated rings. The molecule has 0 aliphatic rings. The van der Waals surface area contributed by atoms with Crippen molar-refractivity contribution >= 4 is 17.7 Å². The molecule has 14 heavy (non-hydrogen) atoms. The molecule has 3 nitrogen and oxygen atoms in total. The summed E-state index contributed by atoms with van der Waals surface area (Å²) in [5.41, 5.74) is 0. The van der Waals surface area contributed by atoms with E-state index in [0.29, 0.717) is 12.3 Å². The van der Waals surface area contributed by atoms with Crippen molar-refractivity contribution in [2.75, 3.05) is 18.6 Å². The van der Waals surface area contributed by atoms with Crippen molar-refractivity contribution in [1.29, 1.82) is 0 Å². The zero-order chi connectivity index (χ0) is 11.0. The van der Waals surface area contributed by atoms with E-state index >= 15 is 0 Å². The largest absolute Gasteiger partial charge is 0.480 e. The number of hydrogen-bond donors (Lipinski definition) is 2. The molecular weight excluding hydrogens is 198 g/mol. The molecule has 1 atom stereocenters. The Hall–Kier alpha value is -0.220. The quantitative estimate of drug-likeness (QED) is 0.654. The fourth-order valence-corrected chi connectivity index (χ4v) is 1.57. The van der Waals surface area contributed by atoms with Gasteiger partial charge in [-0.3, -0.25) is 4.79 Å². The molecule has 0 saturated heterocycles. The summed E-state index contributed by atoms with van der Waals surface area (Å²) in [6.07, 6.45) is 3.73. The van der Waals surface area contributed by atoms with Gasteiger partial charge in [-0.05, 0) is 37.3 Å². The number of carboxylic acid groups (broad SMARTS) is 1. The number of rotatable bonds is 8. The van der Waals surface area contributed by atoms with Gasteiger partial charge in [-0.15, -0.1) is 0 Å². The number of thioether (sulfide) groups is 1. The molecule has 0 saturated carbocycles. The number of aliphatic carboxylic acids is 1. The maximum absolute atomic E-state index is 10.8. The summed E-state index contributed by atoms with van der Waals surface area (Å²) in [5.74, 6) is 0.784. The van der Waals surface area contributed by atoms with Crippen molar-refractivity contribution in [1.82, 2.24) is 5.32 Å². The van der Waals surface area contributed by atoms with Gasteiger partial charge in [0, 0.05) is 0 Å².